The highest BCUT2D eigenvalue weighted by Crippen LogP contribution is 2.25. The fourth-order valence-corrected chi connectivity index (χ4v) is 2.14. The van der Waals surface area contributed by atoms with E-state index >= 15 is 0 Å². The average molecular weight is 302 g/mol. The number of hydrogen-bond donors (Lipinski definition) is 0. The largest absolute Gasteiger partial charge is 0.335 e. The summed E-state index contributed by atoms with van der Waals surface area (Å²) >= 11 is 0. The zero-order valence-electron chi connectivity index (χ0n) is 12.2. The second kappa shape index (κ2) is 6.34. The molecule has 2 rings (SSSR count). The van der Waals surface area contributed by atoms with Gasteiger partial charge in [0, 0.05) is 13.1 Å². The van der Waals surface area contributed by atoms with Crippen LogP contribution in [0, 0.1) is 15.9 Å². The lowest BCUT2D eigenvalue weighted by molar-refractivity contribution is -0.385. The van der Waals surface area contributed by atoms with Gasteiger partial charge >= 0.3 is 0 Å². The van der Waals surface area contributed by atoms with Crippen LogP contribution in [-0.2, 0) is 0 Å². The van der Waals surface area contributed by atoms with E-state index in [4.69, 9.17) is 0 Å². The molecule has 0 saturated heterocycles. The van der Waals surface area contributed by atoms with Crippen LogP contribution in [0.25, 0.3) is 0 Å². The van der Waals surface area contributed by atoms with Crippen molar-refractivity contribution in [3.05, 3.63) is 75.6 Å². The summed E-state index contributed by atoms with van der Waals surface area (Å²) in [5.41, 5.74) is 0.547. The van der Waals surface area contributed by atoms with Crippen LogP contribution in [0.2, 0.25) is 0 Å². The van der Waals surface area contributed by atoms with Crippen molar-refractivity contribution in [2.75, 3.05) is 7.05 Å². The normalized spacial score (nSPS) is 11.8. The van der Waals surface area contributed by atoms with Crippen LogP contribution in [-0.4, -0.2) is 22.8 Å². The molecule has 1 unspecified atom stereocenters. The molecule has 22 heavy (non-hydrogen) atoms. The molecule has 0 spiro atoms. The summed E-state index contributed by atoms with van der Waals surface area (Å²) in [4.78, 5) is 24.3. The molecule has 0 fully saturated rings. The van der Waals surface area contributed by atoms with Crippen molar-refractivity contribution in [1.82, 2.24) is 4.90 Å². The van der Waals surface area contributed by atoms with E-state index in [2.05, 4.69) is 0 Å². The minimum atomic E-state index is -0.580. The molecule has 6 heteroatoms. The van der Waals surface area contributed by atoms with Gasteiger partial charge in [0.15, 0.2) is 0 Å². The zero-order valence-corrected chi connectivity index (χ0v) is 12.2. The Balaban J connectivity index is 2.29. The highest BCUT2D eigenvalue weighted by Gasteiger charge is 2.25. The number of hydrogen-bond acceptors (Lipinski definition) is 3. The number of nitrogens with zero attached hydrogens (tertiary/aromatic N) is 2. The Morgan fingerprint density at radius 1 is 1.18 bits per heavy atom. The molecule has 1 amide bonds. The van der Waals surface area contributed by atoms with Gasteiger partial charge in [-0.15, -0.1) is 0 Å². The van der Waals surface area contributed by atoms with Crippen molar-refractivity contribution in [1.29, 1.82) is 0 Å². The molecule has 0 aromatic heterocycles. The Hall–Kier alpha value is -2.76. The standard InChI is InChI=1S/C16H15FN2O3/c1-11(12-7-9-13(17)10-8-12)18(2)16(20)14-5-3-4-6-15(14)19(21)22/h3-11H,1-2H3. The lowest BCUT2D eigenvalue weighted by atomic mass is 10.1. The molecule has 0 aliphatic heterocycles. The molecule has 1 atom stereocenters. The molecule has 0 radical (unpaired) electrons. The zero-order chi connectivity index (χ0) is 16.3. The molecule has 114 valence electrons. The summed E-state index contributed by atoms with van der Waals surface area (Å²) in [6.07, 6.45) is 0. The molecule has 0 aliphatic carbocycles. The monoisotopic (exact) mass is 302 g/mol. The summed E-state index contributed by atoms with van der Waals surface area (Å²) in [5, 5.41) is 11.0. The van der Waals surface area contributed by atoms with E-state index in [9.17, 15) is 19.3 Å². The number of nitro groups is 1. The first-order valence-electron chi connectivity index (χ1n) is 6.68. The molecule has 2 aromatic carbocycles. The van der Waals surface area contributed by atoms with Gasteiger partial charge in [0.1, 0.15) is 11.4 Å². The molecule has 0 saturated carbocycles. The van der Waals surface area contributed by atoms with Crippen molar-refractivity contribution in [3.63, 3.8) is 0 Å². The minimum absolute atomic E-state index is 0.0314. The molecule has 0 aliphatic rings. The van der Waals surface area contributed by atoms with E-state index in [0.29, 0.717) is 0 Å². The number of para-hydroxylation sites is 1. The van der Waals surface area contributed by atoms with Gasteiger partial charge in [-0.25, -0.2) is 4.39 Å². The van der Waals surface area contributed by atoms with Crippen molar-refractivity contribution in [2.45, 2.75) is 13.0 Å². The lowest BCUT2D eigenvalue weighted by Gasteiger charge is -2.25. The predicted octanol–water partition coefficient (Wildman–Crippen LogP) is 3.57. The number of carbonyl (C=O) groups excluding carboxylic acids is 1. The fraction of sp³-hybridized carbons (Fsp3) is 0.188. The fourth-order valence-electron chi connectivity index (χ4n) is 2.14. The van der Waals surface area contributed by atoms with Crippen molar-refractivity contribution < 1.29 is 14.1 Å². The second-order valence-corrected chi connectivity index (χ2v) is 4.92. The minimum Gasteiger partial charge on any atom is -0.335 e. The molecular weight excluding hydrogens is 287 g/mol. The maximum atomic E-state index is 13.0. The van der Waals surface area contributed by atoms with Gasteiger partial charge in [-0.2, -0.15) is 0 Å². The van der Waals surface area contributed by atoms with E-state index in [1.165, 1.54) is 35.2 Å². The Bertz CT molecular complexity index is 701. The average Bonchev–Trinajstić information content (AvgIpc) is 2.53. The first-order valence-corrected chi connectivity index (χ1v) is 6.68. The third kappa shape index (κ3) is 3.11. The maximum absolute atomic E-state index is 13.0. The Morgan fingerprint density at radius 3 is 2.36 bits per heavy atom. The van der Waals surface area contributed by atoms with Crippen LogP contribution in [0.4, 0.5) is 10.1 Å². The third-order valence-electron chi connectivity index (χ3n) is 3.58. The van der Waals surface area contributed by atoms with Gasteiger partial charge in [0.25, 0.3) is 11.6 Å². The number of rotatable bonds is 4. The number of amides is 1. The van der Waals surface area contributed by atoms with Crippen LogP contribution in [0.5, 0.6) is 0 Å². The van der Waals surface area contributed by atoms with Crippen LogP contribution in [0.15, 0.2) is 48.5 Å². The molecule has 2 aromatic rings. The van der Waals surface area contributed by atoms with E-state index in [1.807, 2.05) is 0 Å². The topological polar surface area (TPSA) is 63.5 Å². The Kier molecular flexibility index (Phi) is 4.50. The molecule has 5 nitrogen and oxygen atoms in total. The van der Waals surface area contributed by atoms with E-state index in [0.717, 1.165) is 5.56 Å². The van der Waals surface area contributed by atoms with E-state index in [-0.39, 0.29) is 23.1 Å². The van der Waals surface area contributed by atoms with Crippen molar-refractivity contribution in [2.24, 2.45) is 0 Å². The van der Waals surface area contributed by atoms with Gasteiger partial charge in [-0.1, -0.05) is 24.3 Å². The van der Waals surface area contributed by atoms with Gasteiger partial charge in [-0.05, 0) is 30.7 Å². The number of nitro benzene ring substituents is 1. The number of halogens is 1. The van der Waals surface area contributed by atoms with Gasteiger partial charge in [0.05, 0.1) is 11.0 Å². The Morgan fingerprint density at radius 2 is 1.77 bits per heavy atom. The van der Waals surface area contributed by atoms with Crippen LogP contribution in [0.3, 0.4) is 0 Å². The Labute approximate surface area is 127 Å². The third-order valence-corrected chi connectivity index (χ3v) is 3.58. The van der Waals surface area contributed by atoms with E-state index < -0.39 is 10.8 Å². The summed E-state index contributed by atoms with van der Waals surface area (Å²) < 4.78 is 13.0. The molecule has 0 N–H and O–H groups in total. The molecule has 0 heterocycles. The van der Waals surface area contributed by atoms with Crippen LogP contribution in [0.1, 0.15) is 28.9 Å². The summed E-state index contributed by atoms with van der Waals surface area (Å²) in [5.74, 6) is -0.812. The first kappa shape index (κ1) is 15.6. The predicted molar refractivity (Wildman–Crippen MR) is 80.0 cm³/mol. The summed E-state index contributed by atoms with van der Waals surface area (Å²) in [7, 11) is 1.56. The molecular formula is C16H15FN2O3. The SMILES string of the molecule is CC(c1ccc(F)cc1)N(C)C(=O)c1ccccc1[N+](=O)[O-]. The van der Waals surface area contributed by atoms with Gasteiger partial charge < -0.3 is 4.90 Å². The summed E-state index contributed by atoms with van der Waals surface area (Å²) in [6.45, 7) is 1.78. The number of benzene rings is 2. The highest BCUT2D eigenvalue weighted by molar-refractivity contribution is 5.98. The first-order chi connectivity index (χ1) is 10.4. The van der Waals surface area contributed by atoms with Gasteiger partial charge in [0.2, 0.25) is 0 Å². The number of carbonyl (C=O) groups is 1. The summed E-state index contributed by atoms with van der Waals surface area (Å²) in [6, 6.07) is 11.3. The second-order valence-electron chi connectivity index (χ2n) is 4.92. The van der Waals surface area contributed by atoms with Crippen molar-refractivity contribution in [3.8, 4) is 0 Å². The lowest BCUT2D eigenvalue weighted by Crippen LogP contribution is -2.30. The van der Waals surface area contributed by atoms with E-state index in [1.54, 1.807) is 32.2 Å². The molecule has 0 bridgehead atoms. The van der Waals surface area contributed by atoms with Crippen LogP contribution < -0.4 is 0 Å². The smallest absolute Gasteiger partial charge is 0.282 e. The maximum Gasteiger partial charge on any atom is 0.282 e. The highest BCUT2D eigenvalue weighted by atomic mass is 19.1. The van der Waals surface area contributed by atoms with Crippen molar-refractivity contribution >= 4 is 11.6 Å². The quantitative estimate of drug-likeness (QED) is 0.640. The van der Waals surface area contributed by atoms with Gasteiger partial charge in [-0.3, -0.25) is 14.9 Å². The van der Waals surface area contributed by atoms with Crippen LogP contribution >= 0.6 is 0 Å².